The van der Waals surface area contributed by atoms with Gasteiger partial charge in [-0.05, 0) is 0 Å². The molecule has 0 amide bonds. The molecular weight excluding hydrogens is 210 g/mol. The van der Waals surface area contributed by atoms with E-state index < -0.39 is 0 Å². The zero-order valence-corrected chi connectivity index (χ0v) is 6.16. The van der Waals surface area contributed by atoms with Crippen LogP contribution in [0.15, 0.2) is 0 Å². The van der Waals surface area contributed by atoms with E-state index in [1.165, 1.54) is 0 Å². The van der Waals surface area contributed by atoms with Gasteiger partial charge in [0.2, 0.25) is 0 Å². The zero-order valence-electron chi connectivity index (χ0n) is 2.99. The molecule has 0 bridgehead atoms. The molecule has 1 nitrogen and oxygen atoms in total. The fourth-order valence-electron chi connectivity index (χ4n) is 0.0345. The molecular formula is C3H3Br2N. The second kappa shape index (κ2) is 3.63. The molecule has 0 saturated heterocycles. The number of rotatable bonds is 1. The second-order valence-corrected chi connectivity index (χ2v) is 2.50. The summed E-state index contributed by atoms with van der Waals surface area (Å²) in [6.45, 7) is 0. The summed E-state index contributed by atoms with van der Waals surface area (Å²) in [6, 6.07) is 1.98. The van der Waals surface area contributed by atoms with Gasteiger partial charge in [0.1, 0.15) is 4.83 Å². The van der Waals surface area contributed by atoms with Crippen molar-refractivity contribution in [2.24, 2.45) is 0 Å². The van der Waals surface area contributed by atoms with Crippen LogP contribution in [-0.4, -0.2) is 10.2 Å². The predicted octanol–water partition coefficient (Wildman–Crippen LogP) is 1.67. The van der Waals surface area contributed by atoms with Crippen molar-refractivity contribution in [1.29, 1.82) is 5.26 Å². The molecule has 0 N–H and O–H groups in total. The van der Waals surface area contributed by atoms with Crippen LogP contribution in [0, 0.1) is 11.3 Å². The minimum Gasteiger partial charge on any atom is -0.197 e. The van der Waals surface area contributed by atoms with Gasteiger partial charge in [0.15, 0.2) is 0 Å². The van der Waals surface area contributed by atoms with Crippen molar-refractivity contribution in [2.45, 2.75) is 4.83 Å². The summed E-state index contributed by atoms with van der Waals surface area (Å²) >= 11 is 6.17. The van der Waals surface area contributed by atoms with Crippen molar-refractivity contribution in [3.05, 3.63) is 0 Å². The fraction of sp³-hybridized carbons (Fsp3) is 0.667. The summed E-state index contributed by atoms with van der Waals surface area (Å²) in [7, 11) is 0. The molecule has 0 heterocycles. The van der Waals surface area contributed by atoms with Crippen molar-refractivity contribution in [1.82, 2.24) is 0 Å². The van der Waals surface area contributed by atoms with Gasteiger partial charge in [0, 0.05) is 5.33 Å². The van der Waals surface area contributed by atoms with Crippen LogP contribution in [0.1, 0.15) is 0 Å². The number of halogens is 2. The number of alkyl halides is 2. The topological polar surface area (TPSA) is 23.8 Å². The Bertz CT molecular complexity index is 65.7. The Hall–Kier alpha value is 0.450. The summed E-state index contributed by atoms with van der Waals surface area (Å²) in [6.07, 6.45) is 0. The summed E-state index contributed by atoms with van der Waals surface area (Å²) in [5.41, 5.74) is 0. The third kappa shape index (κ3) is 2.67. The van der Waals surface area contributed by atoms with Gasteiger partial charge in [0.25, 0.3) is 0 Å². The standard InChI is InChI=1S/C3H3Br2N/c4-1-3(5)2-6/h3H,1H2/t3-/m1/s1. The molecule has 0 unspecified atom stereocenters. The highest BCUT2D eigenvalue weighted by Crippen LogP contribution is 1.99. The van der Waals surface area contributed by atoms with Gasteiger partial charge >= 0.3 is 0 Å². The monoisotopic (exact) mass is 211 g/mol. The van der Waals surface area contributed by atoms with E-state index in [2.05, 4.69) is 31.9 Å². The zero-order chi connectivity index (χ0) is 4.99. The Balaban J connectivity index is 3.04. The Morgan fingerprint density at radius 1 is 1.83 bits per heavy atom. The first kappa shape index (κ1) is 6.45. The molecule has 0 aromatic heterocycles. The van der Waals surface area contributed by atoms with Crippen LogP contribution in [0.4, 0.5) is 0 Å². The maximum atomic E-state index is 8.01. The van der Waals surface area contributed by atoms with Crippen LogP contribution in [0.3, 0.4) is 0 Å². The van der Waals surface area contributed by atoms with Crippen LogP contribution in [-0.2, 0) is 0 Å². The highest BCUT2D eigenvalue weighted by molar-refractivity contribution is 9.12. The van der Waals surface area contributed by atoms with Crippen molar-refractivity contribution >= 4 is 31.9 Å². The Morgan fingerprint density at radius 2 is 2.33 bits per heavy atom. The smallest absolute Gasteiger partial charge is 0.111 e. The van der Waals surface area contributed by atoms with Gasteiger partial charge in [-0.3, -0.25) is 0 Å². The summed E-state index contributed by atoms with van der Waals surface area (Å²) in [4.78, 5) is -0.0301. The van der Waals surface area contributed by atoms with Crippen LogP contribution >= 0.6 is 31.9 Å². The van der Waals surface area contributed by atoms with E-state index >= 15 is 0 Å². The molecule has 0 aromatic rings. The van der Waals surface area contributed by atoms with E-state index in [4.69, 9.17) is 5.26 Å². The van der Waals surface area contributed by atoms with Gasteiger partial charge in [-0.1, -0.05) is 31.9 Å². The molecule has 3 heteroatoms. The van der Waals surface area contributed by atoms with Gasteiger partial charge in [-0.15, -0.1) is 0 Å². The maximum Gasteiger partial charge on any atom is 0.111 e. The minimum atomic E-state index is -0.0301. The van der Waals surface area contributed by atoms with E-state index in [1.807, 2.05) is 6.07 Å². The molecule has 0 aromatic carbocycles. The van der Waals surface area contributed by atoms with Gasteiger partial charge in [0.05, 0.1) is 6.07 Å². The maximum absolute atomic E-state index is 8.01. The van der Waals surface area contributed by atoms with E-state index in [-0.39, 0.29) is 4.83 Å². The average Bonchev–Trinajstić information content (AvgIpc) is 1.65. The molecule has 0 saturated carbocycles. The Kier molecular flexibility index (Phi) is 3.91. The molecule has 6 heavy (non-hydrogen) atoms. The Morgan fingerprint density at radius 3 is 2.33 bits per heavy atom. The van der Waals surface area contributed by atoms with E-state index in [0.29, 0.717) is 5.33 Å². The molecule has 0 aliphatic carbocycles. The molecule has 34 valence electrons. The molecule has 0 rings (SSSR count). The lowest BCUT2D eigenvalue weighted by atomic mass is 10.6. The van der Waals surface area contributed by atoms with Crippen LogP contribution in [0.5, 0.6) is 0 Å². The number of hydrogen-bond donors (Lipinski definition) is 0. The van der Waals surface area contributed by atoms with E-state index in [1.54, 1.807) is 0 Å². The highest BCUT2D eigenvalue weighted by atomic mass is 79.9. The molecule has 0 spiro atoms. The lowest BCUT2D eigenvalue weighted by molar-refractivity contribution is 1.30. The van der Waals surface area contributed by atoms with Crippen molar-refractivity contribution in [3.8, 4) is 6.07 Å². The van der Waals surface area contributed by atoms with Crippen LogP contribution in [0.2, 0.25) is 0 Å². The Labute approximate surface area is 53.6 Å². The van der Waals surface area contributed by atoms with Crippen LogP contribution < -0.4 is 0 Å². The van der Waals surface area contributed by atoms with Crippen molar-refractivity contribution < 1.29 is 0 Å². The van der Waals surface area contributed by atoms with E-state index in [9.17, 15) is 0 Å². The van der Waals surface area contributed by atoms with E-state index in [0.717, 1.165) is 0 Å². The summed E-state index contributed by atoms with van der Waals surface area (Å²) < 4.78 is 0. The largest absolute Gasteiger partial charge is 0.197 e. The van der Waals surface area contributed by atoms with Crippen LogP contribution in [0.25, 0.3) is 0 Å². The molecule has 0 fully saturated rings. The lowest BCUT2D eigenvalue weighted by Crippen LogP contribution is -1.90. The van der Waals surface area contributed by atoms with Gasteiger partial charge in [-0.2, -0.15) is 5.26 Å². The summed E-state index contributed by atoms with van der Waals surface area (Å²) in [5.74, 6) is 0. The van der Waals surface area contributed by atoms with Crippen molar-refractivity contribution in [2.75, 3.05) is 5.33 Å². The third-order valence-corrected chi connectivity index (χ3v) is 2.32. The summed E-state index contributed by atoms with van der Waals surface area (Å²) in [5, 5.41) is 8.71. The average molecular weight is 213 g/mol. The molecule has 0 aliphatic heterocycles. The number of nitrogens with zero attached hydrogens (tertiary/aromatic N) is 1. The van der Waals surface area contributed by atoms with Gasteiger partial charge < -0.3 is 0 Å². The van der Waals surface area contributed by atoms with Gasteiger partial charge in [-0.25, -0.2) is 0 Å². The SMILES string of the molecule is N#C[C@H](Br)CBr. The van der Waals surface area contributed by atoms with Crippen molar-refractivity contribution in [3.63, 3.8) is 0 Å². The first-order valence-electron chi connectivity index (χ1n) is 1.41. The minimum absolute atomic E-state index is 0.0301. The second-order valence-electron chi connectivity index (χ2n) is 0.751. The number of hydrogen-bond acceptors (Lipinski definition) is 1. The first-order chi connectivity index (χ1) is 2.81. The molecule has 1 atom stereocenters. The third-order valence-electron chi connectivity index (χ3n) is 0.276. The predicted molar refractivity (Wildman–Crippen MR) is 32.1 cm³/mol. The first-order valence-corrected chi connectivity index (χ1v) is 3.44. The number of nitriles is 1. The molecule has 0 radical (unpaired) electrons. The lowest BCUT2D eigenvalue weighted by Gasteiger charge is -1.83. The fourth-order valence-corrected chi connectivity index (χ4v) is 0.179. The highest BCUT2D eigenvalue weighted by Gasteiger charge is 1.92. The quantitative estimate of drug-likeness (QED) is 0.607. The normalized spacial score (nSPS) is 12.8. The molecule has 0 aliphatic rings.